The summed E-state index contributed by atoms with van der Waals surface area (Å²) in [6.45, 7) is 3.55. The second-order valence-electron chi connectivity index (χ2n) is 7.16. The number of benzene rings is 1. The first kappa shape index (κ1) is 20.2. The molecule has 1 aliphatic rings. The van der Waals surface area contributed by atoms with Gasteiger partial charge in [0, 0.05) is 25.6 Å². The average Bonchev–Trinajstić information content (AvgIpc) is 2.87. The zero-order valence-electron chi connectivity index (χ0n) is 16.0. The highest BCUT2D eigenvalue weighted by atomic mass is 16.5. The molecule has 1 fully saturated rings. The van der Waals surface area contributed by atoms with Gasteiger partial charge in [0.25, 0.3) is 0 Å². The van der Waals surface area contributed by atoms with Crippen LogP contribution in [0.3, 0.4) is 0 Å². The van der Waals surface area contributed by atoms with E-state index >= 15 is 0 Å². The van der Waals surface area contributed by atoms with Crippen molar-refractivity contribution in [2.45, 2.75) is 44.6 Å². The summed E-state index contributed by atoms with van der Waals surface area (Å²) in [5, 5.41) is 8.95. The smallest absolute Gasteiger partial charge is 0.317 e. The minimum absolute atomic E-state index is 0.0471. The quantitative estimate of drug-likeness (QED) is 0.807. The van der Waals surface area contributed by atoms with Crippen LogP contribution in [0.5, 0.6) is 5.75 Å². The van der Waals surface area contributed by atoms with Crippen molar-refractivity contribution in [3.63, 3.8) is 0 Å². The molecule has 0 radical (unpaired) electrons. The summed E-state index contributed by atoms with van der Waals surface area (Å²) in [6.07, 6.45) is 3.14. The van der Waals surface area contributed by atoms with Crippen molar-refractivity contribution in [3.8, 4) is 5.75 Å². The summed E-state index contributed by atoms with van der Waals surface area (Å²) in [5.41, 5.74) is 1.10. The molecule has 1 amide bonds. The number of carbonyl (C=O) groups excluding carboxylic acids is 1. The molecule has 1 N–H and O–H groups in total. The van der Waals surface area contributed by atoms with Crippen molar-refractivity contribution < 1.29 is 19.4 Å². The molecule has 0 aliphatic carbocycles. The lowest BCUT2D eigenvalue weighted by molar-refractivity contribution is -0.138. The minimum Gasteiger partial charge on any atom is -0.497 e. The maximum Gasteiger partial charge on any atom is 0.317 e. The van der Waals surface area contributed by atoms with Gasteiger partial charge in [-0.05, 0) is 49.9 Å². The van der Waals surface area contributed by atoms with Crippen molar-refractivity contribution >= 4 is 11.9 Å². The fourth-order valence-electron chi connectivity index (χ4n) is 3.57. The Hall–Kier alpha value is -2.08. The van der Waals surface area contributed by atoms with Gasteiger partial charge in [0.2, 0.25) is 5.91 Å². The standard InChI is InChI=1S/C20H30N2O4/c1-15(16-6-4-8-18(13-16)26-3)12-19(23)22-10-5-7-17(9-11-22)21(2)14-20(24)25/h4,6,8,13,15,17H,5,7,9-12,14H2,1-3H3,(H,24,25). The van der Waals surface area contributed by atoms with Crippen LogP contribution in [0.1, 0.15) is 44.1 Å². The molecule has 26 heavy (non-hydrogen) atoms. The maximum atomic E-state index is 12.7. The third kappa shape index (κ3) is 5.73. The lowest BCUT2D eigenvalue weighted by atomic mass is 9.97. The topological polar surface area (TPSA) is 70.1 Å². The number of aliphatic carboxylic acids is 1. The number of methoxy groups -OCH3 is 1. The van der Waals surface area contributed by atoms with Crippen molar-refractivity contribution in [2.75, 3.05) is 33.8 Å². The SMILES string of the molecule is COc1cccc(C(C)CC(=O)N2CCCC(N(C)CC(=O)O)CC2)c1. The Morgan fingerprint density at radius 2 is 2.12 bits per heavy atom. The number of ether oxygens (including phenoxy) is 1. The zero-order chi connectivity index (χ0) is 19.1. The van der Waals surface area contributed by atoms with Gasteiger partial charge in [-0.3, -0.25) is 14.5 Å². The van der Waals surface area contributed by atoms with Crippen molar-refractivity contribution in [3.05, 3.63) is 29.8 Å². The predicted molar refractivity (Wildman–Crippen MR) is 101 cm³/mol. The Bertz CT molecular complexity index is 620. The summed E-state index contributed by atoms with van der Waals surface area (Å²) in [4.78, 5) is 27.4. The minimum atomic E-state index is -0.809. The fraction of sp³-hybridized carbons (Fsp3) is 0.600. The molecule has 144 valence electrons. The number of rotatable bonds is 7. The number of nitrogens with zero attached hydrogens (tertiary/aromatic N) is 2. The third-order valence-electron chi connectivity index (χ3n) is 5.20. The summed E-state index contributed by atoms with van der Waals surface area (Å²) in [6, 6.07) is 8.08. The monoisotopic (exact) mass is 362 g/mol. The molecule has 1 aromatic rings. The van der Waals surface area contributed by atoms with Crippen LogP contribution in [0.25, 0.3) is 0 Å². The second kappa shape index (κ2) is 9.57. The Kier molecular flexibility index (Phi) is 7.45. The van der Waals surface area contributed by atoms with Crippen LogP contribution in [0.4, 0.5) is 0 Å². The van der Waals surface area contributed by atoms with E-state index in [1.807, 2.05) is 41.1 Å². The Labute approximate surface area is 155 Å². The number of hydrogen-bond donors (Lipinski definition) is 1. The molecule has 0 aromatic heterocycles. The number of carboxylic acid groups (broad SMARTS) is 1. The maximum absolute atomic E-state index is 12.7. The van der Waals surface area contributed by atoms with Gasteiger partial charge in [0.15, 0.2) is 0 Å². The predicted octanol–water partition coefficient (Wildman–Crippen LogP) is 2.59. The number of carboxylic acids is 1. The Balaban J connectivity index is 1.90. The molecule has 1 saturated heterocycles. The van der Waals surface area contributed by atoms with Crippen LogP contribution in [0.15, 0.2) is 24.3 Å². The molecule has 1 aliphatic heterocycles. The van der Waals surface area contributed by atoms with E-state index in [1.165, 1.54) is 0 Å². The largest absolute Gasteiger partial charge is 0.497 e. The van der Waals surface area contributed by atoms with Crippen LogP contribution < -0.4 is 4.74 Å². The lowest BCUT2D eigenvalue weighted by Crippen LogP contribution is -2.37. The van der Waals surface area contributed by atoms with Gasteiger partial charge in [-0.15, -0.1) is 0 Å². The highest BCUT2D eigenvalue weighted by molar-refractivity contribution is 5.77. The van der Waals surface area contributed by atoms with Gasteiger partial charge in [-0.25, -0.2) is 0 Å². The van der Waals surface area contributed by atoms with E-state index in [2.05, 4.69) is 6.92 Å². The average molecular weight is 362 g/mol. The number of carbonyl (C=O) groups is 2. The second-order valence-corrected chi connectivity index (χ2v) is 7.16. The molecule has 0 spiro atoms. The molecule has 1 aromatic carbocycles. The van der Waals surface area contributed by atoms with Crippen LogP contribution in [-0.2, 0) is 9.59 Å². The summed E-state index contributed by atoms with van der Waals surface area (Å²) < 4.78 is 5.26. The molecular weight excluding hydrogens is 332 g/mol. The normalized spacial score (nSPS) is 19.1. The van der Waals surface area contributed by atoms with E-state index in [4.69, 9.17) is 9.84 Å². The number of likely N-dealkylation sites (N-methyl/N-ethyl adjacent to an activating group) is 1. The van der Waals surface area contributed by atoms with E-state index in [0.29, 0.717) is 13.0 Å². The number of hydrogen-bond acceptors (Lipinski definition) is 4. The summed E-state index contributed by atoms with van der Waals surface area (Å²) >= 11 is 0. The highest BCUT2D eigenvalue weighted by Gasteiger charge is 2.25. The molecule has 0 bridgehead atoms. The van der Waals surface area contributed by atoms with Crippen LogP contribution in [0, 0.1) is 0 Å². The van der Waals surface area contributed by atoms with Gasteiger partial charge < -0.3 is 14.7 Å². The molecule has 2 unspecified atom stereocenters. The lowest BCUT2D eigenvalue weighted by Gasteiger charge is -2.26. The van der Waals surface area contributed by atoms with E-state index in [0.717, 1.165) is 37.1 Å². The summed E-state index contributed by atoms with van der Waals surface area (Å²) in [7, 11) is 3.49. The first-order valence-corrected chi connectivity index (χ1v) is 9.24. The van der Waals surface area contributed by atoms with E-state index < -0.39 is 5.97 Å². The van der Waals surface area contributed by atoms with Gasteiger partial charge in [-0.1, -0.05) is 19.1 Å². The van der Waals surface area contributed by atoms with E-state index in [1.54, 1.807) is 7.11 Å². The molecular formula is C20H30N2O4. The van der Waals surface area contributed by atoms with Crippen LogP contribution in [-0.4, -0.2) is 66.6 Å². The van der Waals surface area contributed by atoms with Crippen molar-refractivity contribution in [1.82, 2.24) is 9.80 Å². The molecule has 6 heteroatoms. The van der Waals surface area contributed by atoms with Crippen LogP contribution in [0.2, 0.25) is 0 Å². The van der Waals surface area contributed by atoms with Gasteiger partial charge in [0.1, 0.15) is 5.75 Å². The van der Waals surface area contributed by atoms with E-state index in [9.17, 15) is 9.59 Å². The highest BCUT2D eigenvalue weighted by Crippen LogP contribution is 2.25. The molecule has 2 rings (SSSR count). The third-order valence-corrected chi connectivity index (χ3v) is 5.20. The van der Waals surface area contributed by atoms with Crippen molar-refractivity contribution in [2.24, 2.45) is 0 Å². The first-order chi connectivity index (χ1) is 12.4. The van der Waals surface area contributed by atoms with Crippen LogP contribution >= 0.6 is 0 Å². The first-order valence-electron chi connectivity index (χ1n) is 9.24. The Morgan fingerprint density at radius 1 is 1.35 bits per heavy atom. The van der Waals surface area contributed by atoms with Gasteiger partial charge in [0.05, 0.1) is 13.7 Å². The molecule has 1 heterocycles. The zero-order valence-corrected chi connectivity index (χ0v) is 16.0. The van der Waals surface area contributed by atoms with Gasteiger partial charge in [-0.2, -0.15) is 0 Å². The number of likely N-dealkylation sites (tertiary alicyclic amines) is 1. The van der Waals surface area contributed by atoms with E-state index in [-0.39, 0.29) is 24.4 Å². The molecule has 0 saturated carbocycles. The molecule has 2 atom stereocenters. The van der Waals surface area contributed by atoms with Gasteiger partial charge >= 0.3 is 5.97 Å². The molecule has 6 nitrogen and oxygen atoms in total. The van der Waals surface area contributed by atoms with Crippen molar-refractivity contribution in [1.29, 1.82) is 0 Å². The summed E-state index contributed by atoms with van der Waals surface area (Å²) in [5.74, 6) is 0.297. The number of amides is 1. The fourth-order valence-corrected chi connectivity index (χ4v) is 3.57. The Morgan fingerprint density at radius 3 is 2.81 bits per heavy atom.